The second-order valence-corrected chi connectivity index (χ2v) is 7.24. The standard InChI is InChI=1S/C22H23NO3/c1-15-9-11-23(12-10-15)14-19-20(24)8-7-17-18(13-21(25)26-22(17)19)16-5-3-2-4-6-16/h2-8,13,15,24H,9-12,14H2,1H3. The number of hydrogen-bond acceptors (Lipinski definition) is 4. The predicted molar refractivity (Wildman–Crippen MR) is 103 cm³/mol. The highest BCUT2D eigenvalue weighted by atomic mass is 16.4. The molecule has 1 aliphatic rings. The van der Waals surface area contributed by atoms with Gasteiger partial charge in [0.05, 0.1) is 5.56 Å². The lowest BCUT2D eigenvalue weighted by atomic mass is 9.97. The fourth-order valence-electron chi connectivity index (χ4n) is 3.72. The number of nitrogens with zero attached hydrogens (tertiary/aromatic N) is 1. The van der Waals surface area contributed by atoms with Gasteiger partial charge in [0.25, 0.3) is 0 Å². The number of rotatable bonds is 3. The molecule has 0 bridgehead atoms. The minimum absolute atomic E-state index is 0.185. The smallest absolute Gasteiger partial charge is 0.336 e. The van der Waals surface area contributed by atoms with Crippen LogP contribution in [0.5, 0.6) is 5.75 Å². The first-order valence-electron chi connectivity index (χ1n) is 9.18. The van der Waals surface area contributed by atoms with Crippen LogP contribution in [0, 0.1) is 5.92 Å². The molecular formula is C22H23NO3. The summed E-state index contributed by atoms with van der Waals surface area (Å²) in [6.07, 6.45) is 2.31. The van der Waals surface area contributed by atoms with Crippen molar-refractivity contribution in [3.8, 4) is 16.9 Å². The summed E-state index contributed by atoms with van der Waals surface area (Å²) in [5.74, 6) is 0.930. The molecule has 0 saturated carbocycles. The van der Waals surface area contributed by atoms with E-state index in [0.717, 1.165) is 48.4 Å². The van der Waals surface area contributed by atoms with Gasteiger partial charge in [-0.2, -0.15) is 0 Å². The topological polar surface area (TPSA) is 53.7 Å². The van der Waals surface area contributed by atoms with E-state index in [2.05, 4.69) is 11.8 Å². The first kappa shape index (κ1) is 16.9. The highest BCUT2D eigenvalue weighted by Gasteiger charge is 2.20. The lowest BCUT2D eigenvalue weighted by Crippen LogP contribution is -2.32. The van der Waals surface area contributed by atoms with Crippen LogP contribution in [0.2, 0.25) is 0 Å². The second kappa shape index (κ2) is 6.96. The zero-order chi connectivity index (χ0) is 18.1. The monoisotopic (exact) mass is 349 g/mol. The van der Waals surface area contributed by atoms with Gasteiger partial charge in [0.1, 0.15) is 11.3 Å². The first-order valence-corrected chi connectivity index (χ1v) is 9.18. The number of hydrogen-bond donors (Lipinski definition) is 1. The number of phenols is 1. The number of aromatic hydroxyl groups is 1. The van der Waals surface area contributed by atoms with E-state index in [1.54, 1.807) is 6.07 Å². The van der Waals surface area contributed by atoms with Crippen LogP contribution < -0.4 is 5.63 Å². The lowest BCUT2D eigenvalue weighted by molar-refractivity contribution is 0.183. The minimum atomic E-state index is -0.393. The molecule has 2 heterocycles. The fraction of sp³-hybridized carbons (Fsp3) is 0.318. The Kier molecular flexibility index (Phi) is 4.51. The van der Waals surface area contributed by atoms with Crippen molar-refractivity contribution in [1.29, 1.82) is 0 Å². The van der Waals surface area contributed by atoms with Crippen LogP contribution in [0.1, 0.15) is 25.3 Å². The number of piperidine rings is 1. The summed E-state index contributed by atoms with van der Waals surface area (Å²) >= 11 is 0. The van der Waals surface area contributed by atoms with Gasteiger partial charge in [-0.3, -0.25) is 4.90 Å². The highest BCUT2D eigenvalue weighted by molar-refractivity contribution is 5.95. The molecule has 3 aromatic rings. The van der Waals surface area contributed by atoms with Crippen LogP contribution in [-0.4, -0.2) is 23.1 Å². The molecule has 2 aromatic carbocycles. The van der Waals surface area contributed by atoms with Gasteiger partial charge in [-0.25, -0.2) is 4.79 Å². The number of benzene rings is 2. The summed E-state index contributed by atoms with van der Waals surface area (Å²) in [5, 5.41) is 11.3. The van der Waals surface area contributed by atoms with E-state index in [9.17, 15) is 9.90 Å². The molecule has 26 heavy (non-hydrogen) atoms. The summed E-state index contributed by atoms with van der Waals surface area (Å²) in [7, 11) is 0. The Balaban J connectivity index is 1.82. The van der Waals surface area contributed by atoms with Crippen molar-refractivity contribution in [3.05, 3.63) is 64.5 Å². The first-order chi connectivity index (χ1) is 12.6. The number of fused-ring (bicyclic) bond motifs is 1. The Bertz CT molecular complexity index is 970. The molecule has 0 atom stereocenters. The molecule has 4 nitrogen and oxygen atoms in total. The zero-order valence-corrected chi connectivity index (χ0v) is 14.9. The van der Waals surface area contributed by atoms with Gasteiger partial charge in [-0.15, -0.1) is 0 Å². The van der Waals surface area contributed by atoms with Gasteiger partial charge in [-0.05, 0) is 55.1 Å². The molecule has 0 radical (unpaired) electrons. The van der Waals surface area contributed by atoms with Crippen molar-refractivity contribution < 1.29 is 9.52 Å². The summed E-state index contributed by atoms with van der Waals surface area (Å²) in [4.78, 5) is 14.5. The molecule has 1 aliphatic heterocycles. The Morgan fingerprint density at radius 1 is 1.12 bits per heavy atom. The third-order valence-electron chi connectivity index (χ3n) is 5.33. The quantitative estimate of drug-likeness (QED) is 0.712. The maximum Gasteiger partial charge on any atom is 0.336 e. The molecule has 0 amide bonds. The Hall–Kier alpha value is -2.59. The Labute approximate surface area is 152 Å². The third kappa shape index (κ3) is 3.25. The largest absolute Gasteiger partial charge is 0.507 e. The molecule has 1 saturated heterocycles. The maximum atomic E-state index is 12.2. The summed E-state index contributed by atoms with van der Waals surface area (Å²) < 4.78 is 5.56. The molecule has 134 valence electrons. The van der Waals surface area contributed by atoms with Crippen LogP contribution >= 0.6 is 0 Å². The van der Waals surface area contributed by atoms with Crippen molar-refractivity contribution in [1.82, 2.24) is 4.90 Å². The molecule has 1 fully saturated rings. The van der Waals surface area contributed by atoms with E-state index in [1.165, 1.54) is 6.07 Å². The number of phenolic OH excluding ortho intramolecular Hbond substituents is 1. The molecule has 4 heteroatoms. The lowest BCUT2D eigenvalue weighted by Gasteiger charge is -2.30. The van der Waals surface area contributed by atoms with Crippen LogP contribution in [0.3, 0.4) is 0 Å². The van der Waals surface area contributed by atoms with Crippen LogP contribution in [-0.2, 0) is 6.54 Å². The van der Waals surface area contributed by atoms with E-state index in [1.807, 2.05) is 36.4 Å². The molecule has 0 unspecified atom stereocenters. The normalized spacial score (nSPS) is 16.2. The summed E-state index contributed by atoms with van der Waals surface area (Å²) in [6.45, 7) is 4.87. The van der Waals surface area contributed by atoms with Gasteiger partial charge in [0.2, 0.25) is 0 Å². The van der Waals surface area contributed by atoms with Crippen molar-refractivity contribution >= 4 is 11.0 Å². The van der Waals surface area contributed by atoms with Gasteiger partial charge >= 0.3 is 5.63 Å². The molecule has 0 spiro atoms. The fourth-order valence-corrected chi connectivity index (χ4v) is 3.72. The Morgan fingerprint density at radius 2 is 1.85 bits per heavy atom. The van der Waals surface area contributed by atoms with Gasteiger partial charge < -0.3 is 9.52 Å². The molecule has 1 N–H and O–H groups in total. The van der Waals surface area contributed by atoms with Crippen molar-refractivity contribution in [2.45, 2.75) is 26.3 Å². The van der Waals surface area contributed by atoms with Crippen LogP contribution in [0.25, 0.3) is 22.1 Å². The highest BCUT2D eigenvalue weighted by Crippen LogP contribution is 2.34. The van der Waals surface area contributed by atoms with Gasteiger partial charge in [0, 0.05) is 18.0 Å². The minimum Gasteiger partial charge on any atom is -0.507 e. The SMILES string of the molecule is CC1CCN(Cc2c(O)ccc3c(-c4ccccc4)cc(=O)oc23)CC1. The van der Waals surface area contributed by atoms with Crippen LogP contribution in [0.4, 0.5) is 0 Å². The average molecular weight is 349 g/mol. The van der Waals surface area contributed by atoms with E-state index >= 15 is 0 Å². The predicted octanol–water partition coefficient (Wildman–Crippen LogP) is 4.40. The van der Waals surface area contributed by atoms with Crippen molar-refractivity contribution in [3.63, 3.8) is 0 Å². The van der Waals surface area contributed by atoms with E-state index in [4.69, 9.17) is 4.42 Å². The van der Waals surface area contributed by atoms with E-state index in [-0.39, 0.29) is 5.75 Å². The van der Waals surface area contributed by atoms with Gasteiger partial charge in [0.15, 0.2) is 0 Å². The van der Waals surface area contributed by atoms with Crippen molar-refractivity contribution in [2.75, 3.05) is 13.1 Å². The van der Waals surface area contributed by atoms with Crippen LogP contribution in [0.15, 0.2) is 57.7 Å². The zero-order valence-electron chi connectivity index (χ0n) is 14.9. The maximum absolute atomic E-state index is 12.2. The summed E-state index contributed by atoms with van der Waals surface area (Å²) in [6, 6.07) is 14.9. The average Bonchev–Trinajstić information content (AvgIpc) is 2.66. The van der Waals surface area contributed by atoms with Gasteiger partial charge in [-0.1, -0.05) is 37.3 Å². The van der Waals surface area contributed by atoms with Crippen molar-refractivity contribution in [2.24, 2.45) is 5.92 Å². The van der Waals surface area contributed by atoms with E-state index in [0.29, 0.717) is 17.7 Å². The Morgan fingerprint density at radius 3 is 2.58 bits per heavy atom. The molecular weight excluding hydrogens is 326 g/mol. The second-order valence-electron chi connectivity index (χ2n) is 7.24. The number of likely N-dealkylation sites (tertiary alicyclic amines) is 1. The summed E-state index contributed by atoms with van der Waals surface area (Å²) in [5.41, 5.74) is 2.61. The molecule has 0 aliphatic carbocycles. The van der Waals surface area contributed by atoms with E-state index < -0.39 is 5.63 Å². The molecule has 4 rings (SSSR count). The molecule has 1 aromatic heterocycles. The third-order valence-corrected chi connectivity index (χ3v) is 5.33.